The monoisotopic (exact) mass is 364 g/mol. The fraction of sp³-hybridized carbons (Fsp3) is 0.500. The third-order valence-corrected chi connectivity index (χ3v) is 4.33. The molecule has 8 nitrogen and oxygen atoms in total. The van der Waals surface area contributed by atoms with Gasteiger partial charge in [0.2, 0.25) is 5.91 Å². The first-order valence-corrected chi connectivity index (χ1v) is 8.36. The predicted octanol–water partition coefficient (Wildman–Crippen LogP) is 0.941. The van der Waals surface area contributed by atoms with Gasteiger partial charge in [-0.1, -0.05) is 0 Å². The topological polar surface area (TPSA) is 85.4 Å². The molecule has 8 heteroatoms. The maximum Gasteiger partial charge on any atom is 0.306 e. The average molecular weight is 364 g/mol. The van der Waals surface area contributed by atoms with E-state index in [4.69, 9.17) is 9.47 Å². The molecular weight excluding hydrogens is 340 g/mol. The minimum atomic E-state index is -0.404. The highest BCUT2D eigenvalue weighted by Gasteiger charge is 2.26. The molecule has 0 aliphatic carbocycles. The standard InChI is InChI=1S/C18H24N2O6/c1-24-13-4-5-14(15(12-13)25-2)18(23)20-10-8-19(9-11-20)16(21)6-7-17(22)26-3/h4-5,12H,6-11H2,1-3H3. The molecule has 1 aliphatic heterocycles. The summed E-state index contributed by atoms with van der Waals surface area (Å²) in [6.07, 6.45) is 0.185. The number of rotatable bonds is 6. The van der Waals surface area contributed by atoms with Crippen LogP contribution in [0.15, 0.2) is 18.2 Å². The molecule has 1 fully saturated rings. The van der Waals surface area contributed by atoms with Gasteiger partial charge in [0, 0.05) is 38.7 Å². The van der Waals surface area contributed by atoms with Crippen molar-refractivity contribution in [2.24, 2.45) is 0 Å². The lowest BCUT2D eigenvalue weighted by atomic mass is 10.1. The van der Waals surface area contributed by atoms with Crippen LogP contribution < -0.4 is 9.47 Å². The van der Waals surface area contributed by atoms with E-state index in [1.54, 1.807) is 35.1 Å². The second kappa shape index (κ2) is 9.07. The fourth-order valence-corrected chi connectivity index (χ4v) is 2.77. The van der Waals surface area contributed by atoms with Gasteiger partial charge in [-0.2, -0.15) is 0 Å². The summed E-state index contributed by atoms with van der Waals surface area (Å²) < 4.78 is 15.0. The summed E-state index contributed by atoms with van der Waals surface area (Å²) in [7, 11) is 4.35. The van der Waals surface area contributed by atoms with Crippen LogP contribution in [-0.2, 0) is 14.3 Å². The van der Waals surface area contributed by atoms with Crippen LogP contribution in [0, 0.1) is 0 Å². The number of carbonyl (C=O) groups excluding carboxylic acids is 3. The van der Waals surface area contributed by atoms with Crippen molar-refractivity contribution in [1.29, 1.82) is 0 Å². The Morgan fingerprint density at radius 1 is 0.923 bits per heavy atom. The average Bonchev–Trinajstić information content (AvgIpc) is 2.70. The Kier molecular flexibility index (Phi) is 6.82. The van der Waals surface area contributed by atoms with Gasteiger partial charge >= 0.3 is 5.97 Å². The Balaban J connectivity index is 1.94. The van der Waals surface area contributed by atoms with Gasteiger partial charge in [-0.15, -0.1) is 0 Å². The van der Waals surface area contributed by atoms with E-state index in [1.807, 2.05) is 0 Å². The predicted molar refractivity (Wildman–Crippen MR) is 93.3 cm³/mol. The van der Waals surface area contributed by atoms with E-state index >= 15 is 0 Å². The van der Waals surface area contributed by atoms with E-state index in [0.29, 0.717) is 43.2 Å². The Morgan fingerprint density at radius 2 is 1.58 bits per heavy atom. The van der Waals surface area contributed by atoms with Crippen molar-refractivity contribution in [2.75, 3.05) is 47.5 Å². The molecule has 1 aliphatic rings. The molecule has 142 valence electrons. The van der Waals surface area contributed by atoms with E-state index in [0.717, 1.165) is 0 Å². The molecule has 0 spiro atoms. The largest absolute Gasteiger partial charge is 0.497 e. The van der Waals surface area contributed by atoms with Crippen molar-refractivity contribution >= 4 is 17.8 Å². The number of esters is 1. The van der Waals surface area contributed by atoms with Gasteiger partial charge in [0.15, 0.2) is 0 Å². The minimum absolute atomic E-state index is 0.0670. The first kappa shape index (κ1) is 19.6. The van der Waals surface area contributed by atoms with Crippen LogP contribution in [0.3, 0.4) is 0 Å². The second-order valence-electron chi connectivity index (χ2n) is 5.82. The fourth-order valence-electron chi connectivity index (χ4n) is 2.77. The van der Waals surface area contributed by atoms with Gasteiger partial charge in [-0.3, -0.25) is 14.4 Å². The molecule has 1 heterocycles. The summed E-state index contributed by atoms with van der Waals surface area (Å²) >= 11 is 0. The summed E-state index contributed by atoms with van der Waals surface area (Å²) in [5.41, 5.74) is 0.457. The quantitative estimate of drug-likeness (QED) is 0.699. The van der Waals surface area contributed by atoms with E-state index in [-0.39, 0.29) is 24.7 Å². The highest BCUT2D eigenvalue weighted by atomic mass is 16.5. The SMILES string of the molecule is COC(=O)CCC(=O)N1CCN(C(=O)c2ccc(OC)cc2OC)CC1. The van der Waals surface area contributed by atoms with Crippen molar-refractivity contribution in [1.82, 2.24) is 9.80 Å². The molecule has 2 amide bonds. The summed E-state index contributed by atoms with van der Waals surface area (Å²) in [6, 6.07) is 5.05. The zero-order valence-electron chi connectivity index (χ0n) is 15.3. The van der Waals surface area contributed by atoms with Gasteiger partial charge in [-0.25, -0.2) is 0 Å². The van der Waals surface area contributed by atoms with Gasteiger partial charge in [0.25, 0.3) is 5.91 Å². The number of hydrogen-bond acceptors (Lipinski definition) is 6. The maximum absolute atomic E-state index is 12.7. The molecule has 1 aromatic rings. The number of methoxy groups -OCH3 is 3. The summed E-state index contributed by atoms with van der Waals surface area (Å²) in [4.78, 5) is 39.4. The lowest BCUT2D eigenvalue weighted by Crippen LogP contribution is -2.50. The minimum Gasteiger partial charge on any atom is -0.497 e. The van der Waals surface area contributed by atoms with Crippen molar-refractivity contribution < 1.29 is 28.6 Å². The molecule has 1 aromatic carbocycles. The van der Waals surface area contributed by atoms with Gasteiger partial charge in [-0.05, 0) is 12.1 Å². The number of benzene rings is 1. The number of hydrogen-bond donors (Lipinski definition) is 0. The van der Waals surface area contributed by atoms with Crippen molar-refractivity contribution in [3.8, 4) is 11.5 Å². The maximum atomic E-state index is 12.7. The molecule has 1 saturated heterocycles. The molecule has 0 radical (unpaired) electrons. The Bertz CT molecular complexity index is 668. The highest BCUT2D eigenvalue weighted by Crippen LogP contribution is 2.26. The van der Waals surface area contributed by atoms with Crippen LogP contribution >= 0.6 is 0 Å². The first-order valence-electron chi connectivity index (χ1n) is 8.36. The number of carbonyl (C=O) groups is 3. The van der Waals surface area contributed by atoms with Crippen molar-refractivity contribution in [3.63, 3.8) is 0 Å². The van der Waals surface area contributed by atoms with Crippen LogP contribution in [0.25, 0.3) is 0 Å². The summed E-state index contributed by atoms with van der Waals surface area (Å²) in [5.74, 6) is 0.403. The third-order valence-electron chi connectivity index (χ3n) is 4.33. The normalized spacial score (nSPS) is 14.0. The smallest absolute Gasteiger partial charge is 0.306 e. The molecule has 0 N–H and O–H groups in total. The second-order valence-corrected chi connectivity index (χ2v) is 5.82. The van der Waals surface area contributed by atoms with Crippen LogP contribution in [0.4, 0.5) is 0 Å². The van der Waals surface area contributed by atoms with Crippen LogP contribution in [-0.4, -0.2) is 75.1 Å². The highest BCUT2D eigenvalue weighted by molar-refractivity contribution is 5.97. The Labute approximate surface area is 152 Å². The molecule has 0 unspecified atom stereocenters. The number of nitrogens with zero attached hydrogens (tertiary/aromatic N) is 2. The van der Waals surface area contributed by atoms with Crippen LogP contribution in [0.1, 0.15) is 23.2 Å². The Hall–Kier alpha value is -2.77. The van der Waals surface area contributed by atoms with Crippen molar-refractivity contribution in [3.05, 3.63) is 23.8 Å². The lowest BCUT2D eigenvalue weighted by molar-refractivity contribution is -0.143. The summed E-state index contributed by atoms with van der Waals surface area (Å²) in [5, 5.41) is 0. The van der Waals surface area contributed by atoms with E-state index in [9.17, 15) is 14.4 Å². The first-order chi connectivity index (χ1) is 12.5. The van der Waals surface area contributed by atoms with Crippen LogP contribution in [0.5, 0.6) is 11.5 Å². The molecule has 0 bridgehead atoms. The van der Waals surface area contributed by atoms with E-state index in [1.165, 1.54) is 14.2 Å². The third kappa shape index (κ3) is 4.65. The van der Waals surface area contributed by atoms with Gasteiger partial charge < -0.3 is 24.0 Å². The molecule has 26 heavy (non-hydrogen) atoms. The molecule has 0 atom stereocenters. The lowest BCUT2D eigenvalue weighted by Gasteiger charge is -2.35. The van der Waals surface area contributed by atoms with Crippen LogP contribution in [0.2, 0.25) is 0 Å². The number of ether oxygens (including phenoxy) is 3. The van der Waals surface area contributed by atoms with Crippen molar-refractivity contribution in [2.45, 2.75) is 12.8 Å². The number of piperazine rings is 1. The Morgan fingerprint density at radius 3 is 2.15 bits per heavy atom. The van der Waals surface area contributed by atoms with Gasteiger partial charge in [0.05, 0.1) is 33.3 Å². The van der Waals surface area contributed by atoms with E-state index in [2.05, 4.69) is 4.74 Å². The zero-order valence-corrected chi connectivity index (χ0v) is 15.3. The zero-order chi connectivity index (χ0) is 19.1. The molecule has 0 aromatic heterocycles. The number of amides is 2. The molecule has 2 rings (SSSR count). The molecular formula is C18H24N2O6. The van der Waals surface area contributed by atoms with E-state index < -0.39 is 5.97 Å². The molecule has 0 saturated carbocycles. The summed E-state index contributed by atoms with van der Waals surface area (Å²) in [6.45, 7) is 1.73. The van der Waals surface area contributed by atoms with Gasteiger partial charge in [0.1, 0.15) is 11.5 Å².